The Hall–Kier alpha value is -1.53. The van der Waals surface area contributed by atoms with Gasteiger partial charge in [0.2, 0.25) is 0 Å². The van der Waals surface area contributed by atoms with Crippen molar-refractivity contribution >= 4 is 38.7 Å². The van der Waals surface area contributed by atoms with E-state index in [1.54, 1.807) is 22.7 Å². The third-order valence-corrected chi connectivity index (χ3v) is 4.48. The molecule has 3 aromatic heterocycles. The molecule has 0 atom stereocenters. The molecule has 0 amide bonds. The number of aryl methyl sites for hydroxylation is 2. The monoisotopic (exact) mass is 276 g/mol. The first-order chi connectivity index (χ1) is 8.61. The van der Waals surface area contributed by atoms with Crippen molar-refractivity contribution in [3.8, 4) is 0 Å². The van der Waals surface area contributed by atoms with Crippen molar-refractivity contribution < 1.29 is 0 Å². The normalized spacial score (nSPS) is 11.2. The van der Waals surface area contributed by atoms with E-state index in [2.05, 4.69) is 21.9 Å². The van der Waals surface area contributed by atoms with Gasteiger partial charge in [-0.05, 0) is 19.9 Å². The fraction of sp³-hybridized carbons (Fsp3) is 0.250. The number of nitrogens with zero attached hydrogens (tertiary/aromatic N) is 3. The van der Waals surface area contributed by atoms with Gasteiger partial charge in [-0.2, -0.15) is 0 Å². The molecule has 0 aliphatic carbocycles. The Morgan fingerprint density at radius 1 is 1.22 bits per heavy atom. The van der Waals surface area contributed by atoms with Gasteiger partial charge in [0.25, 0.3) is 0 Å². The van der Waals surface area contributed by atoms with Gasteiger partial charge in [0.15, 0.2) is 0 Å². The van der Waals surface area contributed by atoms with Crippen LogP contribution in [0, 0.1) is 13.8 Å². The molecule has 6 heteroatoms. The summed E-state index contributed by atoms with van der Waals surface area (Å²) < 4.78 is 0. The summed E-state index contributed by atoms with van der Waals surface area (Å²) in [5.74, 6) is 1.31. The first-order valence-electron chi connectivity index (χ1n) is 5.55. The lowest BCUT2D eigenvalue weighted by atomic mass is 10.3. The Kier molecular flexibility index (Phi) is 2.76. The molecular formula is C12H12N4S2. The molecule has 0 aliphatic rings. The molecular weight excluding hydrogens is 264 g/mol. The van der Waals surface area contributed by atoms with Gasteiger partial charge < -0.3 is 5.73 Å². The predicted molar refractivity (Wildman–Crippen MR) is 76.2 cm³/mol. The molecule has 0 spiro atoms. The minimum Gasteiger partial charge on any atom is -0.383 e. The second kappa shape index (κ2) is 4.29. The summed E-state index contributed by atoms with van der Waals surface area (Å²) in [6.45, 7) is 4.04. The summed E-state index contributed by atoms with van der Waals surface area (Å²) >= 11 is 3.28. The van der Waals surface area contributed by atoms with Crippen LogP contribution in [-0.2, 0) is 6.42 Å². The smallest absolute Gasteiger partial charge is 0.139 e. The molecule has 3 rings (SSSR count). The lowest BCUT2D eigenvalue weighted by Gasteiger charge is -2.00. The van der Waals surface area contributed by atoms with E-state index in [1.165, 1.54) is 4.88 Å². The number of aromatic nitrogens is 3. The van der Waals surface area contributed by atoms with Crippen molar-refractivity contribution in [1.29, 1.82) is 0 Å². The van der Waals surface area contributed by atoms with E-state index in [9.17, 15) is 0 Å². The Morgan fingerprint density at radius 2 is 2.06 bits per heavy atom. The molecule has 0 aliphatic heterocycles. The van der Waals surface area contributed by atoms with Gasteiger partial charge in [-0.25, -0.2) is 15.0 Å². The number of thiazole rings is 1. The molecule has 3 heterocycles. The van der Waals surface area contributed by atoms with Crippen molar-refractivity contribution in [3.05, 3.63) is 32.8 Å². The maximum atomic E-state index is 5.97. The van der Waals surface area contributed by atoms with Gasteiger partial charge in [-0.3, -0.25) is 0 Å². The van der Waals surface area contributed by atoms with E-state index in [4.69, 9.17) is 5.73 Å². The molecule has 0 saturated heterocycles. The van der Waals surface area contributed by atoms with Gasteiger partial charge in [-0.1, -0.05) is 0 Å². The van der Waals surface area contributed by atoms with Crippen molar-refractivity contribution in [3.63, 3.8) is 0 Å². The molecule has 0 unspecified atom stereocenters. The molecule has 0 fully saturated rings. The minimum atomic E-state index is 0.563. The lowest BCUT2D eigenvalue weighted by molar-refractivity contribution is 0.980. The van der Waals surface area contributed by atoms with Crippen LogP contribution in [0.15, 0.2) is 11.4 Å². The summed E-state index contributed by atoms with van der Waals surface area (Å²) in [4.78, 5) is 15.5. The van der Waals surface area contributed by atoms with E-state index in [0.717, 1.165) is 26.7 Å². The minimum absolute atomic E-state index is 0.563. The zero-order valence-corrected chi connectivity index (χ0v) is 11.7. The van der Waals surface area contributed by atoms with Gasteiger partial charge in [0.05, 0.1) is 11.8 Å². The molecule has 92 valence electrons. The molecule has 0 radical (unpaired) electrons. The molecule has 0 aromatic carbocycles. The number of anilines is 1. The fourth-order valence-corrected chi connectivity index (χ4v) is 3.48. The number of rotatable bonds is 2. The Labute approximate surface area is 113 Å². The highest BCUT2D eigenvalue weighted by Crippen LogP contribution is 2.27. The van der Waals surface area contributed by atoms with E-state index >= 15 is 0 Å². The zero-order chi connectivity index (χ0) is 12.7. The maximum Gasteiger partial charge on any atom is 0.139 e. The van der Waals surface area contributed by atoms with Crippen LogP contribution in [-0.4, -0.2) is 15.0 Å². The van der Waals surface area contributed by atoms with Crippen LogP contribution in [0.1, 0.15) is 21.4 Å². The van der Waals surface area contributed by atoms with E-state index in [-0.39, 0.29) is 0 Å². The van der Waals surface area contributed by atoms with Crippen molar-refractivity contribution in [2.24, 2.45) is 0 Å². The highest BCUT2D eigenvalue weighted by molar-refractivity contribution is 7.18. The zero-order valence-electron chi connectivity index (χ0n) is 10.1. The number of fused-ring (bicyclic) bond motifs is 1. The number of nitrogen functional groups attached to an aromatic ring is 1. The molecule has 4 nitrogen and oxygen atoms in total. The fourth-order valence-electron chi connectivity index (χ4n) is 1.81. The highest BCUT2D eigenvalue weighted by Gasteiger charge is 2.10. The van der Waals surface area contributed by atoms with E-state index in [0.29, 0.717) is 12.2 Å². The third kappa shape index (κ3) is 2.09. The van der Waals surface area contributed by atoms with Crippen molar-refractivity contribution in [2.75, 3.05) is 5.73 Å². The van der Waals surface area contributed by atoms with Crippen LogP contribution < -0.4 is 5.73 Å². The summed E-state index contributed by atoms with van der Waals surface area (Å²) in [7, 11) is 0. The van der Waals surface area contributed by atoms with Gasteiger partial charge in [0.1, 0.15) is 21.5 Å². The second-order valence-corrected chi connectivity index (χ2v) is 6.34. The number of hydrogen-bond acceptors (Lipinski definition) is 6. The Morgan fingerprint density at radius 3 is 2.78 bits per heavy atom. The third-order valence-electron chi connectivity index (χ3n) is 2.57. The van der Waals surface area contributed by atoms with Gasteiger partial charge in [0, 0.05) is 16.0 Å². The summed E-state index contributed by atoms with van der Waals surface area (Å²) in [5.41, 5.74) is 7.01. The van der Waals surface area contributed by atoms with Gasteiger partial charge in [-0.15, -0.1) is 22.7 Å². The first-order valence-corrected chi connectivity index (χ1v) is 7.25. The largest absolute Gasteiger partial charge is 0.383 e. The van der Waals surface area contributed by atoms with Crippen LogP contribution in [0.3, 0.4) is 0 Å². The van der Waals surface area contributed by atoms with Crippen LogP contribution >= 0.6 is 22.7 Å². The average Bonchev–Trinajstić information content (AvgIpc) is 2.85. The number of thiophene rings is 1. The van der Waals surface area contributed by atoms with Gasteiger partial charge >= 0.3 is 0 Å². The standard InChI is InChI=1S/C12H12N4S2/c1-6-5-17-10(14-6)4-9-15-11(13)8-3-7(2)18-12(8)16-9/h3,5H,4H2,1-2H3,(H2,13,15,16). The van der Waals surface area contributed by atoms with Crippen LogP contribution in [0.5, 0.6) is 0 Å². The molecule has 0 bridgehead atoms. The number of nitrogens with two attached hydrogens (primary N) is 1. The van der Waals surface area contributed by atoms with Crippen molar-refractivity contribution in [2.45, 2.75) is 20.3 Å². The van der Waals surface area contributed by atoms with E-state index in [1.807, 2.05) is 18.4 Å². The Bertz CT molecular complexity index is 714. The quantitative estimate of drug-likeness (QED) is 0.781. The first kappa shape index (κ1) is 11.6. The average molecular weight is 276 g/mol. The van der Waals surface area contributed by atoms with Crippen LogP contribution in [0.25, 0.3) is 10.2 Å². The molecule has 2 N–H and O–H groups in total. The summed E-state index contributed by atoms with van der Waals surface area (Å²) in [5, 5.41) is 4.02. The maximum absolute atomic E-state index is 5.97. The second-order valence-electron chi connectivity index (χ2n) is 4.16. The molecule has 3 aromatic rings. The Balaban J connectivity index is 2.02. The lowest BCUT2D eigenvalue weighted by Crippen LogP contribution is -2.00. The molecule has 0 saturated carbocycles. The topological polar surface area (TPSA) is 64.7 Å². The van der Waals surface area contributed by atoms with Crippen LogP contribution in [0.4, 0.5) is 5.82 Å². The molecule has 18 heavy (non-hydrogen) atoms. The SMILES string of the molecule is Cc1csc(Cc2nc(N)c3cc(C)sc3n2)n1. The highest BCUT2D eigenvalue weighted by atomic mass is 32.1. The predicted octanol–water partition coefficient (Wildman–Crippen LogP) is 2.94. The van der Waals surface area contributed by atoms with E-state index < -0.39 is 0 Å². The summed E-state index contributed by atoms with van der Waals surface area (Å²) in [6, 6.07) is 2.03. The van der Waals surface area contributed by atoms with Crippen molar-refractivity contribution in [1.82, 2.24) is 15.0 Å². The summed E-state index contributed by atoms with van der Waals surface area (Å²) in [6.07, 6.45) is 0.648. The number of hydrogen-bond donors (Lipinski definition) is 1. The van der Waals surface area contributed by atoms with Crippen LogP contribution in [0.2, 0.25) is 0 Å².